The van der Waals surface area contributed by atoms with E-state index in [1.807, 2.05) is 6.20 Å². The number of anilines is 3. The van der Waals surface area contributed by atoms with Crippen LogP contribution >= 0.6 is 0 Å². The van der Waals surface area contributed by atoms with E-state index >= 15 is 0 Å². The van der Waals surface area contributed by atoms with E-state index in [2.05, 4.69) is 63.2 Å². The molecule has 0 unspecified atom stereocenters. The van der Waals surface area contributed by atoms with Crippen molar-refractivity contribution in [2.45, 2.75) is 51.2 Å². The van der Waals surface area contributed by atoms with Gasteiger partial charge in [0, 0.05) is 43.6 Å². The first kappa shape index (κ1) is 20.2. The Hall–Kier alpha value is -2.69. The summed E-state index contributed by atoms with van der Waals surface area (Å²) in [7, 11) is 2.14. The molecule has 1 aromatic carbocycles. The molecule has 31 heavy (non-hydrogen) atoms. The maximum atomic E-state index is 9.47. The number of aromatic nitrogens is 2. The van der Waals surface area contributed by atoms with Crippen molar-refractivity contribution in [3.8, 4) is 6.07 Å². The number of nitrogens with one attached hydrogen (secondary N) is 1. The van der Waals surface area contributed by atoms with E-state index in [9.17, 15) is 5.26 Å². The summed E-state index contributed by atoms with van der Waals surface area (Å²) in [4.78, 5) is 16.6. The third-order valence-corrected chi connectivity index (χ3v) is 6.99. The Balaban J connectivity index is 1.32. The number of fused-ring (bicyclic) bond motifs is 1. The molecule has 0 amide bonds. The first-order valence-electron chi connectivity index (χ1n) is 11.3. The molecule has 1 N–H and O–H groups in total. The lowest BCUT2D eigenvalue weighted by Crippen LogP contribution is -2.71. The van der Waals surface area contributed by atoms with Gasteiger partial charge in [0.1, 0.15) is 5.82 Å². The average molecular weight is 418 g/mol. The van der Waals surface area contributed by atoms with Crippen molar-refractivity contribution in [1.82, 2.24) is 19.8 Å². The van der Waals surface area contributed by atoms with Gasteiger partial charge in [-0.25, -0.2) is 4.98 Å². The summed E-state index contributed by atoms with van der Waals surface area (Å²) in [6, 6.07) is 8.96. The molecule has 1 aromatic heterocycles. The second-order valence-electron chi connectivity index (χ2n) is 9.44. The monoisotopic (exact) mass is 417 g/mol. The Morgan fingerprint density at radius 3 is 2.68 bits per heavy atom. The number of hydrogen-bond acceptors (Lipinski definition) is 7. The summed E-state index contributed by atoms with van der Waals surface area (Å²) in [5.74, 6) is 1.60. The minimum absolute atomic E-state index is 0.0217. The summed E-state index contributed by atoms with van der Waals surface area (Å²) in [6.07, 6.45) is 6.27. The topological polar surface area (TPSA) is 71.3 Å². The first-order valence-corrected chi connectivity index (χ1v) is 11.3. The van der Waals surface area contributed by atoms with Gasteiger partial charge in [0.2, 0.25) is 5.95 Å². The zero-order valence-electron chi connectivity index (χ0n) is 18.6. The van der Waals surface area contributed by atoms with Crippen LogP contribution in [-0.2, 0) is 13.1 Å². The summed E-state index contributed by atoms with van der Waals surface area (Å²) in [6.45, 7) is 8.01. The summed E-state index contributed by atoms with van der Waals surface area (Å²) >= 11 is 0. The van der Waals surface area contributed by atoms with Crippen LogP contribution in [-0.4, -0.2) is 58.5 Å². The zero-order valence-corrected chi connectivity index (χ0v) is 18.6. The summed E-state index contributed by atoms with van der Waals surface area (Å²) in [5.41, 5.74) is 4.84. The maximum Gasteiger partial charge on any atom is 0.229 e. The highest BCUT2D eigenvalue weighted by Gasteiger charge is 2.48. The SMILES string of the molecule is Cc1cnc(Nc2ccc3c(c2)CN(C)C3)nc1N1CC(CC#N)(N2CCCCC2)C1. The molecule has 4 heterocycles. The Bertz CT molecular complexity index is 999. The normalized spacial score (nSPS) is 20.7. The molecule has 3 aliphatic rings. The molecule has 2 saturated heterocycles. The fraction of sp³-hybridized carbons (Fsp3) is 0.542. The molecule has 162 valence electrons. The van der Waals surface area contributed by atoms with E-state index in [-0.39, 0.29) is 5.54 Å². The van der Waals surface area contributed by atoms with Gasteiger partial charge in [0.15, 0.2) is 0 Å². The number of aryl methyl sites for hydroxylation is 1. The molecular formula is C24H31N7. The molecule has 0 atom stereocenters. The van der Waals surface area contributed by atoms with Crippen LogP contribution in [0.4, 0.5) is 17.5 Å². The number of likely N-dealkylation sites (tertiary alicyclic amines) is 1. The van der Waals surface area contributed by atoms with Gasteiger partial charge in [-0.2, -0.15) is 10.2 Å². The van der Waals surface area contributed by atoms with Crippen LogP contribution in [0.2, 0.25) is 0 Å². The molecule has 0 saturated carbocycles. The Kier molecular flexibility index (Phi) is 5.28. The van der Waals surface area contributed by atoms with Gasteiger partial charge < -0.3 is 10.2 Å². The second-order valence-corrected chi connectivity index (χ2v) is 9.44. The van der Waals surface area contributed by atoms with E-state index in [0.29, 0.717) is 12.4 Å². The molecule has 0 spiro atoms. The van der Waals surface area contributed by atoms with Crippen molar-refractivity contribution in [2.75, 3.05) is 43.4 Å². The van der Waals surface area contributed by atoms with Crippen LogP contribution in [0, 0.1) is 18.3 Å². The number of piperidine rings is 1. The average Bonchev–Trinajstić information content (AvgIpc) is 3.12. The second kappa shape index (κ2) is 8.10. The van der Waals surface area contributed by atoms with Crippen molar-refractivity contribution >= 4 is 17.5 Å². The van der Waals surface area contributed by atoms with E-state index in [1.54, 1.807) is 0 Å². The minimum Gasteiger partial charge on any atom is -0.352 e. The van der Waals surface area contributed by atoms with Crippen LogP contribution in [0.3, 0.4) is 0 Å². The molecule has 7 heteroatoms. The lowest BCUT2D eigenvalue weighted by Gasteiger charge is -2.56. The smallest absolute Gasteiger partial charge is 0.229 e. The fourth-order valence-electron chi connectivity index (χ4n) is 5.34. The van der Waals surface area contributed by atoms with Gasteiger partial charge in [0.25, 0.3) is 0 Å². The molecule has 0 radical (unpaired) electrons. The number of benzene rings is 1. The van der Waals surface area contributed by atoms with Gasteiger partial charge >= 0.3 is 0 Å². The van der Waals surface area contributed by atoms with Crippen molar-refractivity contribution in [3.63, 3.8) is 0 Å². The summed E-state index contributed by atoms with van der Waals surface area (Å²) in [5, 5.41) is 12.9. The highest BCUT2D eigenvalue weighted by atomic mass is 15.4. The molecule has 3 aliphatic heterocycles. The zero-order chi connectivity index (χ0) is 21.4. The molecule has 5 rings (SSSR count). The van der Waals surface area contributed by atoms with E-state index in [1.165, 1.54) is 30.4 Å². The number of nitrogens with zero attached hydrogens (tertiary/aromatic N) is 6. The van der Waals surface area contributed by atoms with Gasteiger partial charge in [-0.3, -0.25) is 9.80 Å². The highest BCUT2D eigenvalue weighted by molar-refractivity contribution is 5.60. The van der Waals surface area contributed by atoms with E-state index in [4.69, 9.17) is 4.98 Å². The lowest BCUT2D eigenvalue weighted by atomic mass is 9.83. The molecule has 7 nitrogen and oxygen atoms in total. The number of rotatable bonds is 5. The Morgan fingerprint density at radius 1 is 1.13 bits per heavy atom. The quantitative estimate of drug-likeness (QED) is 0.799. The van der Waals surface area contributed by atoms with Crippen LogP contribution in [0.25, 0.3) is 0 Å². The molecule has 0 bridgehead atoms. The van der Waals surface area contributed by atoms with Gasteiger partial charge in [0.05, 0.1) is 18.0 Å². The van der Waals surface area contributed by atoms with Crippen LogP contribution in [0.15, 0.2) is 24.4 Å². The van der Waals surface area contributed by atoms with Gasteiger partial charge in [-0.1, -0.05) is 12.5 Å². The van der Waals surface area contributed by atoms with Gasteiger partial charge in [-0.05, 0) is 63.2 Å². The minimum atomic E-state index is -0.0217. The van der Waals surface area contributed by atoms with Crippen molar-refractivity contribution in [1.29, 1.82) is 5.26 Å². The predicted octanol–water partition coefficient (Wildman–Crippen LogP) is 3.43. The van der Waals surface area contributed by atoms with Crippen molar-refractivity contribution < 1.29 is 0 Å². The van der Waals surface area contributed by atoms with Gasteiger partial charge in [-0.15, -0.1) is 0 Å². The van der Waals surface area contributed by atoms with E-state index in [0.717, 1.165) is 56.3 Å². The first-order chi connectivity index (χ1) is 15.1. The highest BCUT2D eigenvalue weighted by Crippen LogP contribution is 2.37. The lowest BCUT2D eigenvalue weighted by molar-refractivity contribution is 0.0438. The molecule has 2 fully saturated rings. The van der Waals surface area contributed by atoms with E-state index < -0.39 is 0 Å². The van der Waals surface area contributed by atoms with Crippen molar-refractivity contribution in [2.24, 2.45) is 0 Å². The number of nitriles is 1. The molecule has 0 aliphatic carbocycles. The molecule has 2 aromatic rings. The summed E-state index contributed by atoms with van der Waals surface area (Å²) < 4.78 is 0. The third-order valence-electron chi connectivity index (χ3n) is 6.99. The Morgan fingerprint density at radius 2 is 1.90 bits per heavy atom. The van der Waals surface area contributed by atoms with Crippen LogP contribution in [0.1, 0.15) is 42.4 Å². The standard InChI is InChI=1S/C24H31N7/c1-18-13-26-23(27-21-7-6-19-14-29(2)15-20(19)12-21)28-22(18)30-16-24(17-30,8-9-25)31-10-4-3-5-11-31/h6-7,12-13H,3-5,8,10-11,14-17H2,1-2H3,(H,26,27,28). The maximum absolute atomic E-state index is 9.47. The van der Waals surface area contributed by atoms with Crippen LogP contribution in [0.5, 0.6) is 0 Å². The van der Waals surface area contributed by atoms with Crippen molar-refractivity contribution in [3.05, 3.63) is 41.1 Å². The third kappa shape index (κ3) is 3.86. The van der Waals surface area contributed by atoms with Crippen LogP contribution < -0.4 is 10.2 Å². The fourth-order valence-corrected chi connectivity index (χ4v) is 5.34. The number of hydrogen-bond donors (Lipinski definition) is 1. The largest absolute Gasteiger partial charge is 0.352 e. The predicted molar refractivity (Wildman–Crippen MR) is 122 cm³/mol. The molecular weight excluding hydrogens is 386 g/mol. The Labute approximate surface area is 184 Å².